The van der Waals surface area contributed by atoms with Gasteiger partial charge < -0.3 is 9.88 Å². The summed E-state index contributed by atoms with van der Waals surface area (Å²) in [5.41, 5.74) is 3.38. The number of rotatable bonds is 6. The smallest absolute Gasteiger partial charge is 0.225 e. The maximum atomic E-state index is 12.1. The third-order valence-corrected chi connectivity index (χ3v) is 4.91. The largest absolute Gasteiger partial charge is 0.326 e. The minimum absolute atomic E-state index is 0.0109. The molecule has 3 aromatic rings. The number of para-hydroxylation sites is 2. The summed E-state index contributed by atoms with van der Waals surface area (Å²) in [7, 11) is 1.98. The summed E-state index contributed by atoms with van der Waals surface area (Å²) in [6, 6.07) is 14.9. The standard InChI is InChI=1S/C19H19N3O2S/c1-13(23)14-7-9-15(10-8-14)20-18(24)11-12-25-19-21-16-5-3-4-6-17(16)22(19)2/h3-10H,11-12H2,1-2H3,(H,20,24). The molecule has 0 aliphatic carbocycles. The number of amides is 1. The fourth-order valence-corrected chi connectivity index (χ4v) is 3.42. The summed E-state index contributed by atoms with van der Waals surface area (Å²) >= 11 is 1.56. The Balaban J connectivity index is 1.53. The number of benzene rings is 2. The van der Waals surface area contributed by atoms with Crippen molar-refractivity contribution in [1.82, 2.24) is 9.55 Å². The predicted octanol–water partition coefficient (Wildman–Crippen LogP) is 3.90. The predicted molar refractivity (Wildman–Crippen MR) is 101 cm³/mol. The lowest BCUT2D eigenvalue weighted by atomic mass is 10.1. The average Bonchev–Trinajstić information content (AvgIpc) is 2.92. The number of carbonyl (C=O) groups is 2. The number of nitrogens with zero attached hydrogens (tertiary/aromatic N) is 2. The summed E-state index contributed by atoms with van der Waals surface area (Å²) in [6.45, 7) is 1.52. The number of nitrogens with one attached hydrogen (secondary N) is 1. The van der Waals surface area contributed by atoms with E-state index in [0.717, 1.165) is 16.2 Å². The van der Waals surface area contributed by atoms with Crippen LogP contribution in [0.3, 0.4) is 0 Å². The first kappa shape index (κ1) is 17.2. The van der Waals surface area contributed by atoms with E-state index >= 15 is 0 Å². The monoisotopic (exact) mass is 353 g/mol. The molecule has 6 heteroatoms. The van der Waals surface area contributed by atoms with E-state index in [1.54, 1.807) is 36.0 Å². The number of thioether (sulfide) groups is 1. The molecule has 1 amide bonds. The second-order valence-corrected chi connectivity index (χ2v) is 6.78. The molecule has 25 heavy (non-hydrogen) atoms. The van der Waals surface area contributed by atoms with Gasteiger partial charge in [-0.25, -0.2) is 4.98 Å². The van der Waals surface area contributed by atoms with Crippen molar-refractivity contribution < 1.29 is 9.59 Å². The molecule has 3 rings (SSSR count). The molecule has 1 heterocycles. The van der Waals surface area contributed by atoms with Crippen LogP contribution in [0, 0.1) is 0 Å². The highest BCUT2D eigenvalue weighted by molar-refractivity contribution is 7.99. The van der Waals surface area contributed by atoms with E-state index < -0.39 is 0 Å². The van der Waals surface area contributed by atoms with Gasteiger partial charge in [0.05, 0.1) is 11.0 Å². The Kier molecular flexibility index (Phi) is 5.19. The molecular weight excluding hydrogens is 334 g/mol. The number of Topliss-reactive ketones (excluding diaryl/α,β-unsaturated/α-hetero) is 1. The van der Waals surface area contributed by atoms with Crippen molar-refractivity contribution in [2.75, 3.05) is 11.1 Å². The van der Waals surface area contributed by atoms with Crippen molar-refractivity contribution in [2.24, 2.45) is 7.05 Å². The van der Waals surface area contributed by atoms with Gasteiger partial charge in [0.15, 0.2) is 10.9 Å². The average molecular weight is 353 g/mol. The molecule has 0 fully saturated rings. The van der Waals surface area contributed by atoms with E-state index in [0.29, 0.717) is 23.4 Å². The van der Waals surface area contributed by atoms with Gasteiger partial charge in [0.25, 0.3) is 0 Å². The van der Waals surface area contributed by atoms with Crippen molar-refractivity contribution in [3.05, 3.63) is 54.1 Å². The number of anilines is 1. The first-order valence-corrected chi connectivity index (χ1v) is 8.98. The molecule has 5 nitrogen and oxygen atoms in total. The topological polar surface area (TPSA) is 64.0 Å². The zero-order chi connectivity index (χ0) is 17.8. The lowest BCUT2D eigenvalue weighted by Crippen LogP contribution is -2.12. The van der Waals surface area contributed by atoms with Gasteiger partial charge in [0.2, 0.25) is 5.91 Å². The summed E-state index contributed by atoms with van der Waals surface area (Å²) in [5, 5.41) is 3.75. The molecule has 0 aliphatic heterocycles. The Bertz CT molecular complexity index is 916. The zero-order valence-corrected chi connectivity index (χ0v) is 15.0. The second kappa shape index (κ2) is 7.53. The van der Waals surface area contributed by atoms with E-state index in [1.165, 1.54) is 6.92 Å². The Morgan fingerprint density at radius 3 is 2.52 bits per heavy atom. The van der Waals surface area contributed by atoms with Gasteiger partial charge in [-0.2, -0.15) is 0 Å². The van der Waals surface area contributed by atoms with Crippen LogP contribution in [-0.4, -0.2) is 27.0 Å². The van der Waals surface area contributed by atoms with Crippen LogP contribution in [0.2, 0.25) is 0 Å². The van der Waals surface area contributed by atoms with Crippen LogP contribution >= 0.6 is 11.8 Å². The molecule has 1 N–H and O–H groups in total. The van der Waals surface area contributed by atoms with Gasteiger partial charge >= 0.3 is 0 Å². The molecule has 0 saturated carbocycles. The second-order valence-electron chi connectivity index (χ2n) is 5.72. The number of aryl methyl sites for hydroxylation is 1. The number of fused-ring (bicyclic) bond motifs is 1. The molecule has 0 bridgehead atoms. The van der Waals surface area contributed by atoms with Crippen LogP contribution in [0.4, 0.5) is 5.69 Å². The Labute approximate surface area is 150 Å². The lowest BCUT2D eigenvalue weighted by molar-refractivity contribution is -0.115. The molecule has 128 valence electrons. The molecule has 0 atom stereocenters. The van der Waals surface area contributed by atoms with E-state index in [2.05, 4.69) is 10.3 Å². The van der Waals surface area contributed by atoms with Gasteiger partial charge in [-0.15, -0.1) is 0 Å². The van der Waals surface area contributed by atoms with Crippen LogP contribution < -0.4 is 5.32 Å². The summed E-state index contributed by atoms with van der Waals surface area (Å²) < 4.78 is 2.04. The molecule has 0 radical (unpaired) electrons. The quantitative estimate of drug-likeness (QED) is 0.539. The maximum Gasteiger partial charge on any atom is 0.225 e. The molecule has 2 aromatic carbocycles. The summed E-state index contributed by atoms with van der Waals surface area (Å²) in [6.07, 6.45) is 0.391. The van der Waals surface area contributed by atoms with Crippen LogP contribution in [0.5, 0.6) is 0 Å². The fraction of sp³-hybridized carbons (Fsp3) is 0.211. The third-order valence-electron chi connectivity index (χ3n) is 3.88. The van der Waals surface area contributed by atoms with Gasteiger partial charge in [0.1, 0.15) is 0 Å². The Hall–Kier alpha value is -2.60. The first-order valence-electron chi connectivity index (χ1n) is 7.99. The van der Waals surface area contributed by atoms with Crippen LogP contribution in [0.1, 0.15) is 23.7 Å². The maximum absolute atomic E-state index is 12.1. The van der Waals surface area contributed by atoms with Crippen molar-refractivity contribution in [1.29, 1.82) is 0 Å². The van der Waals surface area contributed by atoms with Gasteiger partial charge in [-0.05, 0) is 43.3 Å². The minimum Gasteiger partial charge on any atom is -0.326 e. The number of carbonyl (C=O) groups excluding carboxylic acids is 2. The number of hydrogen-bond acceptors (Lipinski definition) is 4. The highest BCUT2D eigenvalue weighted by Gasteiger charge is 2.09. The van der Waals surface area contributed by atoms with Crippen molar-refractivity contribution in [3.8, 4) is 0 Å². The lowest BCUT2D eigenvalue weighted by Gasteiger charge is -2.06. The van der Waals surface area contributed by atoms with E-state index in [1.807, 2.05) is 35.9 Å². The molecule has 0 aliphatic rings. The van der Waals surface area contributed by atoms with Crippen LogP contribution in [0.15, 0.2) is 53.7 Å². The number of hydrogen-bond donors (Lipinski definition) is 1. The Morgan fingerprint density at radius 2 is 1.84 bits per heavy atom. The number of aromatic nitrogens is 2. The van der Waals surface area contributed by atoms with E-state index in [4.69, 9.17) is 0 Å². The van der Waals surface area contributed by atoms with Gasteiger partial charge in [0, 0.05) is 30.5 Å². The third kappa shape index (κ3) is 4.09. The SMILES string of the molecule is CC(=O)c1ccc(NC(=O)CCSc2nc3ccccc3n2C)cc1. The fourth-order valence-electron chi connectivity index (χ4n) is 2.50. The summed E-state index contributed by atoms with van der Waals surface area (Å²) in [4.78, 5) is 27.9. The molecule has 1 aromatic heterocycles. The van der Waals surface area contributed by atoms with Crippen LogP contribution in [-0.2, 0) is 11.8 Å². The van der Waals surface area contributed by atoms with E-state index in [-0.39, 0.29) is 11.7 Å². The van der Waals surface area contributed by atoms with Crippen molar-refractivity contribution in [2.45, 2.75) is 18.5 Å². The highest BCUT2D eigenvalue weighted by Crippen LogP contribution is 2.23. The minimum atomic E-state index is -0.0539. The molecular formula is C19H19N3O2S. The highest BCUT2D eigenvalue weighted by atomic mass is 32.2. The van der Waals surface area contributed by atoms with Gasteiger partial charge in [-0.3, -0.25) is 9.59 Å². The molecule has 0 spiro atoms. The number of ketones is 1. The summed E-state index contributed by atoms with van der Waals surface area (Å²) in [5.74, 6) is 0.604. The number of imidazole rings is 1. The normalized spacial score (nSPS) is 10.8. The van der Waals surface area contributed by atoms with Gasteiger partial charge in [-0.1, -0.05) is 23.9 Å². The van der Waals surface area contributed by atoms with Crippen LogP contribution in [0.25, 0.3) is 11.0 Å². The molecule has 0 saturated heterocycles. The Morgan fingerprint density at radius 1 is 1.12 bits per heavy atom. The van der Waals surface area contributed by atoms with Crippen molar-refractivity contribution in [3.63, 3.8) is 0 Å². The molecule has 0 unspecified atom stereocenters. The zero-order valence-electron chi connectivity index (χ0n) is 14.2. The van der Waals surface area contributed by atoms with E-state index in [9.17, 15) is 9.59 Å². The van der Waals surface area contributed by atoms with Crippen molar-refractivity contribution >= 4 is 40.2 Å². The first-order chi connectivity index (χ1) is 12.0.